The predicted molar refractivity (Wildman–Crippen MR) is 111 cm³/mol. The van der Waals surface area contributed by atoms with Crippen LogP contribution in [0.1, 0.15) is 45.6 Å². The van der Waals surface area contributed by atoms with Crippen LogP contribution < -0.4 is 5.32 Å². The third-order valence-electron chi connectivity index (χ3n) is 5.39. The average Bonchev–Trinajstić information content (AvgIpc) is 3.41. The van der Waals surface area contributed by atoms with Crippen LogP contribution in [-0.2, 0) is 11.3 Å². The molecular weight excluding hydrogens is 388 g/mol. The fourth-order valence-electron chi connectivity index (χ4n) is 3.99. The van der Waals surface area contributed by atoms with Crippen LogP contribution in [0.3, 0.4) is 0 Å². The molecule has 1 saturated heterocycles. The highest BCUT2D eigenvalue weighted by Crippen LogP contribution is 2.39. The Hall–Kier alpha value is -2.81. The third kappa shape index (κ3) is 3.74. The smallest absolute Gasteiger partial charge is 0.261 e. The van der Waals surface area contributed by atoms with Crippen molar-refractivity contribution in [2.75, 3.05) is 20.1 Å². The largest absolute Gasteiger partial charge is 0.354 e. The Morgan fingerprint density at radius 1 is 1.34 bits per heavy atom. The van der Waals surface area contributed by atoms with Crippen LogP contribution in [0.15, 0.2) is 18.3 Å². The summed E-state index contributed by atoms with van der Waals surface area (Å²) < 4.78 is 1.78. The van der Waals surface area contributed by atoms with Crippen molar-refractivity contribution < 1.29 is 9.59 Å². The van der Waals surface area contributed by atoms with Gasteiger partial charge in [-0.1, -0.05) is 6.07 Å². The number of nitrogens with one attached hydrogen (secondary N) is 1. The molecule has 1 fully saturated rings. The number of hydrogen-bond acceptors (Lipinski definition) is 6. The van der Waals surface area contributed by atoms with Gasteiger partial charge in [-0.2, -0.15) is 5.10 Å². The van der Waals surface area contributed by atoms with E-state index >= 15 is 0 Å². The third-order valence-corrected chi connectivity index (χ3v) is 6.52. The van der Waals surface area contributed by atoms with Gasteiger partial charge in [0.15, 0.2) is 0 Å². The lowest BCUT2D eigenvalue weighted by Gasteiger charge is -2.17. The van der Waals surface area contributed by atoms with E-state index < -0.39 is 0 Å². The lowest BCUT2D eigenvalue weighted by Crippen LogP contribution is -2.29. The van der Waals surface area contributed by atoms with Crippen LogP contribution in [0.4, 0.5) is 0 Å². The summed E-state index contributed by atoms with van der Waals surface area (Å²) in [5.74, 6) is 1.70. The Morgan fingerprint density at radius 2 is 2.17 bits per heavy atom. The summed E-state index contributed by atoms with van der Waals surface area (Å²) >= 11 is 1.42. The molecule has 4 rings (SSSR count). The molecule has 0 aliphatic carbocycles. The SMILES string of the molecule is CNC(=O)c1sc2ncccc2c1[C@H]1CCN(C(=O)CCn2nc(C)nc2C)C1. The molecule has 0 unspecified atom stereocenters. The van der Waals surface area contributed by atoms with E-state index in [1.54, 1.807) is 17.9 Å². The molecule has 8 nitrogen and oxygen atoms in total. The number of likely N-dealkylation sites (tertiary alicyclic amines) is 1. The van der Waals surface area contributed by atoms with Crippen molar-refractivity contribution in [2.45, 2.75) is 39.2 Å². The highest BCUT2D eigenvalue weighted by molar-refractivity contribution is 7.20. The van der Waals surface area contributed by atoms with Crippen molar-refractivity contribution in [3.8, 4) is 0 Å². The van der Waals surface area contributed by atoms with Gasteiger partial charge in [0.2, 0.25) is 5.91 Å². The van der Waals surface area contributed by atoms with Gasteiger partial charge in [0, 0.05) is 44.1 Å². The van der Waals surface area contributed by atoms with Gasteiger partial charge < -0.3 is 10.2 Å². The van der Waals surface area contributed by atoms with Crippen LogP contribution in [0, 0.1) is 13.8 Å². The van der Waals surface area contributed by atoms with Crippen LogP contribution in [0.25, 0.3) is 10.2 Å². The Bertz CT molecular complexity index is 1070. The molecule has 3 aromatic heterocycles. The first-order valence-electron chi connectivity index (χ1n) is 9.73. The quantitative estimate of drug-likeness (QED) is 0.694. The van der Waals surface area contributed by atoms with Crippen molar-refractivity contribution in [3.63, 3.8) is 0 Å². The molecule has 9 heteroatoms. The molecule has 0 spiro atoms. The molecule has 0 bridgehead atoms. The number of rotatable bonds is 5. The van der Waals surface area contributed by atoms with Gasteiger partial charge in [-0.05, 0) is 31.9 Å². The Labute approximate surface area is 172 Å². The fourth-order valence-corrected chi connectivity index (χ4v) is 5.17. The van der Waals surface area contributed by atoms with E-state index in [1.807, 2.05) is 30.9 Å². The van der Waals surface area contributed by atoms with Crippen molar-refractivity contribution >= 4 is 33.4 Å². The van der Waals surface area contributed by atoms with E-state index in [1.165, 1.54) is 11.3 Å². The van der Waals surface area contributed by atoms with Gasteiger partial charge in [-0.25, -0.2) is 14.6 Å². The Balaban J connectivity index is 1.50. The Morgan fingerprint density at radius 3 is 2.90 bits per heavy atom. The first-order valence-corrected chi connectivity index (χ1v) is 10.5. The van der Waals surface area contributed by atoms with E-state index in [0.29, 0.717) is 30.9 Å². The van der Waals surface area contributed by atoms with E-state index in [2.05, 4.69) is 20.4 Å². The number of hydrogen-bond donors (Lipinski definition) is 1. The lowest BCUT2D eigenvalue weighted by molar-refractivity contribution is -0.130. The molecule has 4 heterocycles. The van der Waals surface area contributed by atoms with Gasteiger partial charge in [0.25, 0.3) is 5.91 Å². The fraction of sp³-hybridized carbons (Fsp3) is 0.450. The molecule has 0 saturated carbocycles. The summed E-state index contributed by atoms with van der Waals surface area (Å²) in [5, 5.41) is 8.07. The minimum absolute atomic E-state index is 0.0928. The molecule has 3 aromatic rings. The summed E-state index contributed by atoms with van der Waals surface area (Å²) in [4.78, 5) is 37.4. The summed E-state index contributed by atoms with van der Waals surface area (Å²) in [6.07, 6.45) is 2.98. The van der Waals surface area contributed by atoms with E-state index in [4.69, 9.17) is 0 Å². The standard InChI is InChI=1S/C20H24N6O2S/c1-12-23-13(2)26(24-12)10-7-16(27)25-9-6-14(11-25)17-15-5-4-8-22-20(15)29-18(17)19(28)21-3/h4-5,8,14H,6-7,9-11H2,1-3H3,(H,21,28)/t14-/m0/s1. The summed E-state index contributed by atoms with van der Waals surface area (Å²) in [5.41, 5.74) is 1.02. The molecule has 1 aliphatic heterocycles. The minimum Gasteiger partial charge on any atom is -0.354 e. The number of carbonyl (C=O) groups is 2. The maximum atomic E-state index is 12.8. The van der Waals surface area contributed by atoms with E-state index in [0.717, 1.165) is 33.8 Å². The number of amides is 2. The molecule has 29 heavy (non-hydrogen) atoms. The molecule has 1 N–H and O–H groups in total. The number of aryl methyl sites for hydroxylation is 3. The molecule has 152 valence electrons. The second-order valence-electron chi connectivity index (χ2n) is 7.28. The highest BCUT2D eigenvalue weighted by atomic mass is 32.1. The predicted octanol–water partition coefficient (Wildman–Crippen LogP) is 2.27. The first-order chi connectivity index (χ1) is 14.0. The van der Waals surface area contributed by atoms with Gasteiger partial charge >= 0.3 is 0 Å². The van der Waals surface area contributed by atoms with Gasteiger partial charge in [-0.15, -0.1) is 11.3 Å². The topological polar surface area (TPSA) is 93.0 Å². The van der Waals surface area contributed by atoms with Gasteiger partial charge in [-0.3, -0.25) is 9.59 Å². The van der Waals surface area contributed by atoms with Gasteiger partial charge in [0.1, 0.15) is 16.5 Å². The van der Waals surface area contributed by atoms with E-state index in [-0.39, 0.29) is 17.7 Å². The molecule has 1 aliphatic rings. The number of fused-ring (bicyclic) bond motifs is 1. The zero-order valence-electron chi connectivity index (χ0n) is 16.8. The maximum Gasteiger partial charge on any atom is 0.261 e. The van der Waals surface area contributed by atoms with Crippen molar-refractivity contribution in [1.82, 2.24) is 30.0 Å². The number of aromatic nitrogens is 4. The maximum absolute atomic E-state index is 12.8. The normalized spacial score (nSPS) is 16.5. The second kappa shape index (κ2) is 7.90. The second-order valence-corrected chi connectivity index (χ2v) is 8.28. The lowest BCUT2D eigenvalue weighted by atomic mass is 9.95. The summed E-state index contributed by atoms with van der Waals surface area (Å²) in [6.45, 7) is 5.59. The highest BCUT2D eigenvalue weighted by Gasteiger charge is 2.32. The van der Waals surface area contributed by atoms with Crippen molar-refractivity contribution in [2.24, 2.45) is 0 Å². The van der Waals surface area contributed by atoms with Crippen LogP contribution in [0.5, 0.6) is 0 Å². The Kier molecular flexibility index (Phi) is 5.31. The monoisotopic (exact) mass is 412 g/mol. The van der Waals surface area contributed by atoms with Crippen LogP contribution in [-0.4, -0.2) is 56.6 Å². The number of carbonyl (C=O) groups excluding carboxylic acids is 2. The molecule has 0 aromatic carbocycles. The average molecular weight is 413 g/mol. The van der Waals surface area contributed by atoms with Crippen molar-refractivity contribution in [1.29, 1.82) is 0 Å². The van der Waals surface area contributed by atoms with Crippen molar-refractivity contribution in [3.05, 3.63) is 40.4 Å². The first kappa shape index (κ1) is 19.5. The molecular formula is C20H24N6O2S. The van der Waals surface area contributed by atoms with E-state index in [9.17, 15) is 9.59 Å². The van der Waals surface area contributed by atoms with Crippen LogP contribution >= 0.6 is 11.3 Å². The summed E-state index contributed by atoms with van der Waals surface area (Å²) in [6, 6.07) is 3.91. The number of thiophene rings is 1. The molecule has 2 amide bonds. The number of pyridine rings is 1. The van der Waals surface area contributed by atoms with Gasteiger partial charge in [0.05, 0.1) is 11.4 Å². The zero-order chi connectivity index (χ0) is 20.5. The summed E-state index contributed by atoms with van der Waals surface area (Å²) in [7, 11) is 1.64. The van der Waals surface area contributed by atoms with Crippen LogP contribution in [0.2, 0.25) is 0 Å². The molecule has 1 atom stereocenters. The minimum atomic E-state index is -0.0928. The zero-order valence-corrected chi connectivity index (χ0v) is 17.6. The number of nitrogens with zero attached hydrogens (tertiary/aromatic N) is 5. The molecule has 0 radical (unpaired) electrons.